The number of esters is 1. The monoisotopic (exact) mass is 393 g/mol. The van der Waals surface area contributed by atoms with Crippen LogP contribution in [-0.4, -0.2) is 18.4 Å². The lowest BCUT2D eigenvalue weighted by molar-refractivity contribution is -0.134. The van der Waals surface area contributed by atoms with Gasteiger partial charge in [-0.1, -0.05) is 12.1 Å². The van der Waals surface area contributed by atoms with Crippen LogP contribution in [0.4, 0.5) is 0 Å². The number of nitrogens with one attached hydrogen (secondary N) is 1. The molecule has 0 spiro atoms. The van der Waals surface area contributed by atoms with Gasteiger partial charge in [0, 0.05) is 6.54 Å². The summed E-state index contributed by atoms with van der Waals surface area (Å²) in [4.78, 5) is 23.9. The summed E-state index contributed by atoms with van der Waals surface area (Å²) in [6.07, 6.45) is 9.84. The second-order valence-electron chi connectivity index (χ2n) is 9.18. The van der Waals surface area contributed by atoms with Crippen LogP contribution in [0.2, 0.25) is 0 Å². The largest absolute Gasteiger partial charge is 0.459 e. The van der Waals surface area contributed by atoms with E-state index in [4.69, 9.17) is 9.15 Å². The summed E-state index contributed by atoms with van der Waals surface area (Å²) in [6, 6.07) is 11.4. The summed E-state index contributed by atoms with van der Waals surface area (Å²) < 4.78 is 10.5. The number of benzene rings is 1. The molecule has 1 heterocycles. The Morgan fingerprint density at radius 2 is 1.66 bits per heavy atom. The van der Waals surface area contributed by atoms with Crippen LogP contribution in [0.15, 0.2) is 47.1 Å². The van der Waals surface area contributed by atoms with E-state index in [1.807, 2.05) is 12.1 Å². The molecule has 0 atom stereocenters. The Balaban J connectivity index is 1.15. The number of carbonyl (C=O) groups excluding carboxylic acids is 2. The van der Waals surface area contributed by atoms with Crippen LogP contribution in [-0.2, 0) is 10.2 Å². The van der Waals surface area contributed by atoms with Gasteiger partial charge in [0.2, 0.25) is 0 Å². The predicted molar refractivity (Wildman–Crippen MR) is 108 cm³/mol. The Labute approximate surface area is 170 Å². The molecule has 0 unspecified atom stereocenters. The molecule has 2 aromatic rings. The highest BCUT2D eigenvalue weighted by atomic mass is 16.5. The topological polar surface area (TPSA) is 68.5 Å². The zero-order chi connectivity index (χ0) is 19.8. The molecule has 0 aliphatic heterocycles. The number of hydrogen-bond donors (Lipinski definition) is 1. The minimum Gasteiger partial charge on any atom is -0.459 e. The van der Waals surface area contributed by atoms with Crippen molar-refractivity contribution in [3.05, 3.63) is 54.0 Å². The van der Waals surface area contributed by atoms with E-state index >= 15 is 0 Å². The van der Waals surface area contributed by atoms with E-state index < -0.39 is 0 Å². The molecule has 1 aromatic carbocycles. The van der Waals surface area contributed by atoms with Gasteiger partial charge in [-0.15, -0.1) is 0 Å². The molecule has 1 aromatic heterocycles. The number of rotatable bonds is 6. The predicted octanol–water partition coefficient (Wildman–Crippen LogP) is 4.47. The molecule has 29 heavy (non-hydrogen) atoms. The zero-order valence-corrected chi connectivity index (χ0v) is 16.6. The summed E-state index contributed by atoms with van der Waals surface area (Å²) in [5.74, 6) is 2.86. The van der Waals surface area contributed by atoms with Crippen molar-refractivity contribution in [2.75, 3.05) is 6.54 Å². The first-order valence-electron chi connectivity index (χ1n) is 10.7. The summed E-state index contributed by atoms with van der Waals surface area (Å²) in [6.45, 7) is 0.212. The van der Waals surface area contributed by atoms with E-state index in [2.05, 4.69) is 17.4 Å². The van der Waals surface area contributed by atoms with Crippen molar-refractivity contribution in [1.29, 1.82) is 0 Å². The Bertz CT molecular complexity index is 849. The van der Waals surface area contributed by atoms with Crippen molar-refractivity contribution < 1.29 is 18.7 Å². The number of furan rings is 1. The molecular formula is C24H27NO4. The minimum absolute atomic E-state index is 0.114. The maximum Gasteiger partial charge on any atom is 0.312 e. The Hall–Kier alpha value is -2.56. The lowest BCUT2D eigenvalue weighted by atomic mass is 9.48. The third kappa shape index (κ3) is 3.70. The highest BCUT2D eigenvalue weighted by Gasteiger charge is 2.51. The lowest BCUT2D eigenvalue weighted by Gasteiger charge is -2.57. The molecular weight excluding hydrogens is 366 g/mol. The maximum absolute atomic E-state index is 12.1. The van der Waals surface area contributed by atoms with Crippen molar-refractivity contribution in [2.24, 2.45) is 17.8 Å². The van der Waals surface area contributed by atoms with Gasteiger partial charge in [0.15, 0.2) is 5.76 Å². The minimum atomic E-state index is -0.354. The third-order valence-electron chi connectivity index (χ3n) is 7.10. The van der Waals surface area contributed by atoms with Crippen molar-refractivity contribution in [1.82, 2.24) is 5.32 Å². The highest BCUT2D eigenvalue weighted by molar-refractivity contribution is 5.91. The first-order valence-corrected chi connectivity index (χ1v) is 10.7. The molecule has 0 saturated heterocycles. The van der Waals surface area contributed by atoms with E-state index in [-0.39, 0.29) is 30.6 Å². The van der Waals surface area contributed by atoms with Crippen LogP contribution in [0.3, 0.4) is 0 Å². The summed E-state index contributed by atoms with van der Waals surface area (Å²) in [7, 11) is 0. The van der Waals surface area contributed by atoms with Crippen LogP contribution < -0.4 is 10.1 Å². The first-order chi connectivity index (χ1) is 14.1. The quantitative estimate of drug-likeness (QED) is 0.581. The van der Waals surface area contributed by atoms with Gasteiger partial charge in [-0.3, -0.25) is 9.59 Å². The summed E-state index contributed by atoms with van der Waals surface area (Å²) in [5.41, 5.74) is 1.77. The van der Waals surface area contributed by atoms with Crippen LogP contribution in [0.1, 0.15) is 61.1 Å². The van der Waals surface area contributed by atoms with Crippen molar-refractivity contribution in [2.45, 2.75) is 50.4 Å². The van der Waals surface area contributed by atoms with Crippen molar-refractivity contribution in [3.8, 4) is 5.75 Å². The molecule has 6 rings (SSSR count). The lowest BCUT2D eigenvalue weighted by Crippen LogP contribution is -2.48. The van der Waals surface area contributed by atoms with E-state index in [1.165, 1.54) is 50.4 Å². The third-order valence-corrected chi connectivity index (χ3v) is 7.10. The molecule has 4 aliphatic rings. The summed E-state index contributed by atoms with van der Waals surface area (Å²) in [5, 5.41) is 2.65. The molecule has 5 nitrogen and oxygen atoms in total. The van der Waals surface area contributed by atoms with Crippen LogP contribution in [0, 0.1) is 17.8 Å². The van der Waals surface area contributed by atoms with Gasteiger partial charge in [-0.05, 0) is 91.5 Å². The SMILES string of the molecule is O=C(CCNC(=O)c1ccco1)Oc1ccc(C23CC4CC(CC(C4)C2)C3)cc1. The Kier molecular flexibility index (Phi) is 4.69. The first kappa shape index (κ1) is 18.5. The second-order valence-corrected chi connectivity index (χ2v) is 9.18. The van der Waals surface area contributed by atoms with E-state index in [1.54, 1.807) is 12.1 Å². The summed E-state index contributed by atoms with van der Waals surface area (Å²) >= 11 is 0. The van der Waals surface area contributed by atoms with Crippen molar-refractivity contribution in [3.63, 3.8) is 0 Å². The Morgan fingerprint density at radius 3 is 2.24 bits per heavy atom. The molecule has 4 aliphatic carbocycles. The van der Waals surface area contributed by atoms with Crippen LogP contribution >= 0.6 is 0 Å². The molecule has 152 valence electrons. The average Bonchev–Trinajstić information content (AvgIpc) is 3.22. The maximum atomic E-state index is 12.1. The smallest absolute Gasteiger partial charge is 0.312 e. The molecule has 5 heteroatoms. The standard InChI is InChI=1S/C24H27NO4/c26-22(7-8-25-23(27)21-2-1-9-28-21)29-20-5-3-19(4-6-20)24-13-16-10-17(14-24)12-18(11-16)15-24/h1-6,9,16-18H,7-8,10-15H2,(H,25,27). The number of ether oxygens (including phenoxy) is 1. The fourth-order valence-electron chi connectivity index (χ4n) is 6.30. The number of carbonyl (C=O) groups is 2. The second kappa shape index (κ2) is 7.36. The number of amides is 1. The normalized spacial score (nSPS) is 29.6. The van der Waals surface area contributed by atoms with Gasteiger partial charge in [-0.25, -0.2) is 0 Å². The zero-order valence-electron chi connectivity index (χ0n) is 16.6. The van der Waals surface area contributed by atoms with E-state index in [9.17, 15) is 9.59 Å². The molecule has 4 bridgehead atoms. The highest BCUT2D eigenvalue weighted by Crippen LogP contribution is 2.60. The van der Waals surface area contributed by atoms with Crippen LogP contribution in [0.25, 0.3) is 0 Å². The fraction of sp³-hybridized carbons (Fsp3) is 0.500. The Morgan fingerprint density at radius 1 is 1.00 bits per heavy atom. The van der Waals surface area contributed by atoms with Crippen LogP contribution in [0.5, 0.6) is 5.75 Å². The van der Waals surface area contributed by atoms with E-state index in [0.29, 0.717) is 11.2 Å². The van der Waals surface area contributed by atoms with Gasteiger partial charge >= 0.3 is 5.97 Å². The van der Waals surface area contributed by atoms with Gasteiger partial charge in [-0.2, -0.15) is 0 Å². The van der Waals surface area contributed by atoms with Gasteiger partial charge in [0.05, 0.1) is 12.7 Å². The molecule has 4 fully saturated rings. The van der Waals surface area contributed by atoms with Crippen molar-refractivity contribution >= 4 is 11.9 Å². The average molecular weight is 393 g/mol. The molecule has 4 saturated carbocycles. The van der Waals surface area contributed by atoms with Gasteiger partial charge < -0.3 is 14.5 Å². The molecule has 1 amide bonds. The van der Waals surface area contributed by atoms with Gasteiger partial charge in [0.25, 0.3) is 5.91 Å². The van der Waals surface area contributed by atoms with Gasteiger partial charge in [0.1, 0.15) is 5.75 Å². The molecule has 0 radical (unpaired) electrons. The fourth-order valence-corrected chi connectivity index (χ4v) is 6.30. The van der Waals surface area contributed by atoms with E-state index in [0.717, 1.165) is 17.8 Å². The molecule has 1 N–H and O–H groups in total. The number of hydrogen-bond acceptors (Lipinski definition) is 4.